The van der Waals surface area contributed by atoms with Crippen molar-refractivity contribution in [2.45, 2.75) is 52.9 Å². The fourth-order valence-corrected chi connectivity index (χ4v) is 1.81. The van der Waals surface area contributed by atoms with Gasteiger partial charge in [0.2, 0.25) is 0 Å². The van der Waals surface area contributed by atoms with Crippen molar-refractivity contribution in [3.63, 3.8) is 0 Å². The molecule has 0 spiro atoms. The normalized spacial score (nSPS) is 14.7. The number of nitrogens with one attached hydrogen (secondary N) is 1. The highest BCUT2D eigenvalue weighted by Crippen LogP contribution is 2.09. The Morgan fingerprint density at radius 3 is 2.44 bits per heavy atom. The molecule has 0 saturated heterocycles. The van der Waals surface area contributed by atoms with Gasteiger partial charge in [-0.1, -0.05) is 27.2 Å². The number of hydrogen-bond acceptors (Lipinski definition) is 2. The predicted octanol–water partition coefficient (Wildman–Crippen LogP) is 2.90. The van der Waals surface area contributed by atoms with Crippen molar-refractivity contribution in [3.05, 3.63) is 0 Å². The van der Waals surface area contributed by atoms with Crippen LogP contribution < -0.4 is 5.32 Å². The first kappa shape index (κ1) is 15.4. The highest BCUT2D eigenvalue weighted by atomic mass is 16.4. The van der Waals surface area contributed by atoms with Gasteiger partial charge in [-0.2, -0.15) is 0 Å². The van der Waals surface area contributed by atoms with E-state index in [0.717, 1.165) is 31.8 Å². The Morgan fingerprint density at radius 2 is 1.88 bits per heavy atom. The summed E-state index contributed by atoms with van der Waals surface area (Å²) in [6.45, 7) is 8.70. The molecule has 0 aromatic rings. The Morgan fingerprint density at radius 1 is 1.19 bits per heavy atom. The molecule has 0 aromatic carbocycles. The van der Waals surface area contributed by atoms with E-state index in [1.54, 1.807) is 0 Å². The molecule has 0 amide bonds. The van der Waals surface area contributed by atoms with Crippen molar-refractivity contribution < 1.29 is 9.90 Å². The van der Waals surface area contributed by atoms with Crippen LogP contribution in [0.25, 0.3) is 0 Å². The summed E-state index contributed by atoms with van der Waals surface area (Å²) in [5, 5.41) is 12.0. The van der Waals surface area contributed by atoms with E-state index in [9.17, 15) is 4.79 Å². The zero-order valence-electron chi connectivity index (χ0n) is 11.0. The van der Waals surface area contributed by atoms with Crippen molar-refractivity contribution >= 4 is 5.97 Å². The number of hydrogen-bond donors (Lipinski definition) is 2. The summed E-state index contributed by atoms with van der Waals surface area (Å²) >= 11 is 0. The highest BCUT2D eigenvalue weighted by Gasteiger charge is 2.05. The Kier molecular flexibility index (Phi) is 9.30. The smallest absolute Gasteiger partial charge is 0.303 e. The van der Waals surface area contributed by atoms with Gasteiger partial charge in [0.25, 0.3) is 0 Å². The first-order valence-electron chi connectivity index (χ1n) is 6.48. The molecular weight excluding hydrogens is 202 g/mol. The molecule has 3 heteroatoms. The second-order valence-corrected chi connectivity index (χ2v) is 4.92. The maximum absolute atomic E-state index is 10.4. The lowest BCUT2D eigenvalue weighted by Crippen LogP contribution is -2.23. The maximum atomic E-state index is 10.4. The number of carbonyl (C=O) groups is 1. The predicted molar refractivity (Wildman–Crippen MR) is 67.6 cm³/mol. The van der Waals surface area contributed by atoms with Crippen molar-refractivity contribution in [2.75, 3.05) is 13.1 Å². The van der Waals surface area contributed by atoms with E-state index >= 15 is 0 Å². The van der Waals surface area contributed by atoms with E-state index < -0.39 is 5.97 Å². The van der Waals surface area contributed by atoms with Gasteiger partial charge in [0.1, 0.15) is 0 Å². The van der Waals surface area contributed by atoms with Crippen LogP contribution in [0.15, 0.2) is 0 Å². The van der Waals surface area contributed by atoms with E-state index in [0.29, 0.717) is 12.3 Å². The largest absolute Gasteiger partial charge is 0.481 e. The second-order valence-electron chi connectivity index (χ2n) is 4.92. The van der Waals surface area contributed by atoms with Crippen LogP contribution in [0.1, 0.15) is 52.9 Å². The van der Waals surface area contributed by atoms with Crippen LogP contribution in [0.5, 0.6) is 0 Å². The van der Waals surface area contributed by atoms with Crippen LogP contribution in [-0.2, 0) is 4.79 Å². The molecule has 0 saturated carbocycles. The van der Waals surface area contributed by atoms with Crippen molar-refractivity contribution in [2.24, 2.45) is 11.8 Å². The topological polar surface area (TPSA) is 49.3 Å². The molecule has 0 radical (unpaired) electrons. The number of rotatable bonds is 10. The summed E-state index contributed by atoms with van der Waals surface area (Å²) in [6, 6.07) is 0. The lowest BCUT2D eigenvalue weighted by atomic mass is 10.0. The van der Waals surface area contributed by atoms with E-state index in [1.165, 1.54) is 12.8 Å². The van der Waals surface area contributed by atoms with Gasteiger partial charge < -0.3 is 10.4 Å². The van der Waals surface area contributed by atoms with Crippen LogP contribution in [0, 0.1) is 11.8 Å². The molecule has 2 N–H and O–H groups in total. The van der Waals surface area contributed by atoms with Crippen molar-refractivity contribution in [1.29, 1.82) is 0 Å². The summed E-state index contributed by atoms with van der Waals surface area (Å²) in [5.41, 5.74) is 0. The van der Waals surface area contributed by atoms with Crippen molar-refractivity contribution in [3.8, 4) is 0 Å². The number of aliphatic carboxylic acids is 1. The average Bonchev–Trinajstić information content (AvgIpc) is 2.22. The van der Waals surface area contributed by atoms with Gasteiger partial charge >= 0.3 is 5.97 Å². The van der Waals surface area contributed by atoms with Gasteiger partial charge in [0.05, 0.1) is 0 Å². The van der Waals surface area contributed by atoms with Gasteiger partial charge in [-0.15, -0.1) is 0 Å². The molecule has 0 heterocycles. The molecule has 0 aromatic heterocycles. The summed E-state index contributed by atoms with van der Waals surface area (Å²) in [6.07, 6.45) is 4.69. The highest BCUT2D eigenvalue weighted by molar-refractivity contribution is 5.66. The van der Waals surface area contributed by atoms with E-state index in [1.807, 2.05) is 0 Å². The molecule has 0 fully saturated rings. The molecule has 0 rings (SSSR count). The molecule has 0 aliphatic heterocycles. The average molecular weight is 229 g/mol. The van der Waals surface area contributed by atoms with Gasteiger partial charge in [-0.05, 0) is 44.2 Å². The van der Waals surface area contributed by atoms with Crippen LogP contribution in [0.4, 0.5) is 0 Å². The minimum absolute atomic E-state index is 0.299. The van der Waals surface area contributed by atoms with Crippen LogP contribution in [0.2, 0.25) is 0 Å². The zero-order valence-corrected chi connectivity index (χ0v) is 11.0. The standard InChI is InChI=1S/C13H27NO2/c1-4-5-12(3)10-14-9-8-11(2)6-7-13(15)16/h11-12,14H,4-10H2,1-3H3,(H,15,16). The van der Waals surface area contributed by atoms with Gasteiger partial charge in [0, 0.05) is 6.42 Å². The maximum Gasteiger partial charge on any atom is 0.303 e. The third-order valence-corrected chi connectivity index (χ3v) is 2.94. The SMILES string of the molecule is CCCC(C)CNCCC(C)CCC(=O)O. The first-order valence-corrected chi connectivity index (χ1v) is 6.48. The molecule has 0 bridgehead atoms. The van der Waals surface area contributed by atoms with E-state index in [2.05, 4.69) is 26.1 Å². The van der Waals surface area contributed by atoms with Gasteiger partial charge in [0.15, 0.2) is 0 Å². The minimum Gasteiger partial charge on any atom is -0.481 e. The molecule has 3 nitrogen and oxygen atoms in total. The second kappa shape index (κ2) is 9.64. The van der Waals surface area contributed by atoms with Crippen LogP contribution >= 0.6 is 0 Å². The van der Waals surface area contributed by atoms with Crippen LogP contribution in [0.3, 0.4) is 0 Å². The minimum atomic E-state index is -0.684. The van der Waals surface area contributed by atoms with Gasteiger partial charge in [-0.25, -0.2) is 0 Å². The Balaban J connectivity index is 3.33. The van der Waals surface area contributed by atoms with E-state index in [4.69, 9.17) is 5.11 Å². The quantitative estimate of drug-likeness (QED) is 0.566. The molecule has 0 aliphatic rings. The number of carboxylic acids is 1. The third kappa shape index (κ3) is 9.97. The Labute approximate surface area is 99.6 Å². The summed E-state index contributed by atoms with van der Waals surface area (Å²) in [5.74, 6) is 0.570. The molecule has 96 valence electrons. The Bertz CT molecular complexity index is 183. The fourth-order valence-electron chi connectivity index (χ4n) is 1.81. The monoisotopic (exact) mass is 229 g/mol. The fraction of sp³-hybridized carbons (Fsp3) is 0.923. The van der Waals surface area contributed by atoms with Gasteiger partial charge in [-0.3, -0.25) is 4.79 Å². The van der Waals surface area contributed by atoms with Crippen LogP contribution in [-0.4, -0.2) is 24.2 Å². The number of carboxylic acid groups (broad SMARTS) is 1. The molecule has 2 atom stereocenters. The molecule has 16 heavy (non-hydrogen) atoms. The molecule has 2 unspecified atom stereocenters. The zero-order chi connectivity index (χ0) is 12.4. The van der Waals surface area contributed by atoms with Crippen molar-refractivity contribution in [1.82, 2.24) is 5.32 Å². The third-order valence-electron chi connectivity index (χ3n) is 2.94. The summed E-state index contributed by atoms with van der Waals surface area (Å²) < 4.78 is 0. The first-order chi connectivity index (χ1) is 7.56. The molecular formula is C13H27NO2. The Hall–Kier alpha value is -0.570. The molecule has 0 aliphatic carbocycles. The lowest BCUT2D eigenvalue weighted by Gasteiger charge is -2.13. The summed E-state index contributed by atoms with van der Waals surface area (Å²) in [4.78, 5) is 10.4. The van der Waals surface area contributed by atoms with E-state index in [-0.39, 0.29) is 0 Å². The lowest BCUT2D eigenvalue weighted by molar-refractivity contribution is -0.137. The summed E-state index contributed by atoms with van der Waals surface area (Å²) in [7, 11) is 0.